The first kappa shape index (κ1) is 25.5. The van der Waals surface area contributed by atoms with Crippen molar-refractivity contribution >= 4 is 32.1 Å². The number of hydrogen-bond acceptors (Lipinski definition) is 0. The minimum Gasteiger partial charge on any atom is -1.00 e. The Morgan fingerprint density at radius 3 is 2.00 bits per heavy atom. The van der Waals surface area contributed by atoms with Crippen LogP contribution in [0.15, 0.2) is 65.1 Å². The third-order valence-corrected chi connectivity index (χ3v) is 3.09. The van der Waals surface area contributed by atoms with Gasteiger partial charge in [-0.2, -0.15) is 24.3 Å². The molecule has 3 aromatic carbocycles. The number of rotatable bonds is 0. The fourth-order valence-corrected chi connectivity index (χ4v) is 2.16. The maximum atomic E-state index is 3.51. The summed E-state index contributed by atoms with van der Waals surface area (Å²) in [5.74, 6) is 0. The molecule has 0 fully saturated rings. The van der Waals surface area contributed by atoms with Gasteiger partial charge in [-0.15, -0.1) is 34.5 Å². The van der Waals surface area contributed by atoms with Crippen LogP contribution in [0, 0.1) is 6.92 Å². The summed E-state index contributed by atoms with van der Waals surface area (Å²) in [6.07, 6.45) is 0. The van der Waals surface area contributed by atoms with E-state index < -0.39 is 0 Å². The predicted octanol–water partition coefficient (Wildman–Crippen LogP) is -0.173. The maximum absolute atomic E-state index is 3.51. The normalized spacial score (nSPS) is 8.45. The molecule has 5 heteroatoms. The molecule has 0 aromatic heterocycles. The van der Waals surface area contributed by atoms with Crippen LogP contribution in [-0.4, -0.2) is 5.43 Å². The minimum atomic E-state index is 0. The summed E-state index contributed by atoms with van der Waals surface area (Å²) < 4.78 is 1.18. The van der Waals surface area contributed by atoms with E-state index in [0.29, 0.717) is 0 Å². The van der Waals surface area contributed by atoms with Crippen molar-refractivity contribution in [3.05, 3.63) is 70.7 Å². The topological polar surface area (TPSA) is 0 Å². The third kappa shape index (κ3) is 10.9. The Labute approximate surface area is 191 Å². The summed E-state index contributed by atoms with van der Waals surface area (Å²) in [4.78, 5) is 0. The summed E-state index contributed by atoms with van der Waals surface area (Å²) >= 11 is 5.25. The molecule has 0 radical (unpaired) electrons. The second kappa shape index (κ2) is 14.6. The molecule has 0 aliphatic carbocycles. The molecule has 0 atom stereocenters. The molecular weight excluding hydrogens is 657 g/mol. The molecule has 0 N–H and O–H groups in total. The van der Waals surface area contributed by atoms with Crippen LogP contribution in [-0.2, 0) is 23.3 Å². The molecule has 3 rings (SSSR count). The van der Waals surface area contributed by atoms with Crippen molar-refractivity contribution in [2.45, 2.75) is 20.0 Å². The van der Waals surface area contributed by atoms with Crippen LogP contribution in [0.1, 0.15) is 5.56 Å². The fraction of sp³-hybridized carbons (Fsp3) is 0.176. The van der Waals surface area contributed by atoms with Crippen LogP contribution in [0.3, 0.4) is 0 Å². The van der Waals surface area contributed by atoms with Crippen molar-refractivity contribution in [3.8, 4) is 0 Å². The quantitative estimate of drug-likeness (QED) is 0.177. The largest absolute Gasteiger partial charge is 1.00 e. The Balaban J connectivity index is 0. The van der Waals surface area contributed by atoms with E-state index in [-0.39, 0.29) is 53.4 Å². The van der Waals surface area contributed by atoms with Crippen molar-refractivity contribution in [3.63, 3.8) is 0 Å². The number of aryl methyl sites for hydroxylation is 1. The summed E-state index contributed by atoms with van der Waals surface area (Å²) in [6.45, 7) is 6.73. The molecule has 3 aromatic rings. The van der Waals surface area contributed by atoms with Gasteiger partial charge in [0.25, 0.3) is 0 Å². The van der Waals surface area contributed by atoms with Crippen LogP contribution < -0.4 is 48.0 Å². The Bertz CT molecular complexity index is 627. The van der Waals surface area contributed by atoms with E-state index in [1.54, 1.807) is 23.3 Å². The first-order chi connectivity index (χ1) is 9.50. The molecule has 0 aliphatic rings. The number of hydrogen-bond donors (Lipinski definition) is 0. The van der Waals surface area contributed by atoms with Crippen molar-refractivity contribution < 1.29 is 71.3 Å². The minimum absolute atomic E-state index is 0. The summed E-state index contributed by atoms with van der Waals surface area (Å²) in [6, 6.07) is 20.7. The molecule has 0 unspecified atom stereocenters. The van der Waals surface area contributed by atoms with Gasteiger partial charge in [0.05, 0.1) is 0 Å². The first-order valence-electron chi connectivity index (χ1n) is 6.50. The average molecular weight is 676 g/mol. The molecule has 0 saturated carbocycles. The molecule has 0 heterocycles. The van der Waals surface area contributed by atoms with E-state index in [1.165, 1.54) is 20.8 Å². The van der Waals surface area contributed by atoms with Crippen LogP contribution in [0.25, 0.3) is 10.8 Å². The summed E-state index contributed by atoms with van der Waals surface area (Å²) in [5.41, 5.74) is 1.54. The molecule has 0 spiro atoms. The van der Waals surface area contributed by atoms with Crippen molar-refractivity contribution in [1.29, 1.82) is 0 Å². The number of halogens is 3. The third-order valence-electron chi connectivity index (χ3n) is 2.40. The van der Waals surface area contributed by atoms with Crippen LogP contribution in [0.5, 0.6) is 0 Å². The molecule has 0 nitrogen and oxygen atoms in total. The zero-order valence-corrected chi connectivity index (χ0v) is 22.3. The SMILES string of the molecule is C[Si](C)=[Zr+2].Cc1cc2c(Br)cccc2[cH-]1.[I-].[I-].c1cc[cH-]c1. The van der Waals surface area contributed by atoms with Crippen molar-refractivity contribution in [2.24, 2.45) is 0 Å². The van der Waals surface area contributed by atoms with Gasteiger partial charge in [0.1, 0.15) is 0 Å². The van der Waals surface area contributed by atoms with Gasteiger partial charge in [0.15, 0.2) is 0 Å². The van der Waals surface area contributed by atoms with Gasteiger partial charge in [0, 0.05) is 0 Å². The van der Waals surface area contributed by atoms with Gasteiger partial charge >= 0.3 is 41.9 Å². The zero-order valence-electron chi connectivity index (χ0n) is 12.9. The van der Waals surface area contributed by atoms with Gasteiger partial charge in [-0.3, -0.25) is 0 Å². The van der Waals surface area contributed by atoms with Gasteiger partial charge in [-0.25, -0.2) is 12.1 Å². The van der Waals surface area contributed by atoms with Gasteiger partial charge in [-0.05, 0) is 4.47 Å². The number of benzene rings is 1. The Morgan fingerprint density at radius 2 is 1.59 bits per heavy atom. The van der Waals surface area contributed by atoms with E-state index in [4.69, 9.17) is 0 Å². The molecule has 0 aliphatic heterocycles. The molecule has 0 bridgehead atoms. The maximum Gasteiger partial charge on any atom is -0.0262 e. The monoisotopic (exact) mass is 674 g/mol. The van der Waals surface area contributed by atoms with E-state index in [1.807, 2.05) is 30.3 Å². The molecule has 118 valence electrons. The Morgan fingerprint density at radius 1 is 1.05 bits per heavy atom. The zero-order chi connectivity index (χ0) is 15.0. The number of fused-ring (bicyclic) bond motifs is 1. The molecular formula is C17H19BrI2SiZr-2. The molecule has 22 heavy (non-hydrogen) atoms. The second-order valence-electron chi connectivity index (χ2n) is 4.74. The van der Waals surface area contributed by atoms with Crippen LogP contribution >= 0.6 is 15.9 Å². The van der Waals surface area contributed by atoms with Crippen molar-refractivity contribution in [2.75, 3.05) is 0 Å². The van der Waals surface area contributed by atoms with Gasteiger partial charge in [0.2, 0.25) is 0 Å². The molecule has 0 amide bonds. The Hall–Kier alpha value is 1.22. The van der Waals surface area contributed by atoms with Crippen LogP contribution in [0.2, 0.25) is 13.1 Å². The summed E-state index contributed by atoms with van der Waals surface area (Å²) in [5, 5.41) is 2.63. The first-order valence-corrected chi connectivity index (χ1v) is 13.5. The van der Waals surface area contributed by atoms with E-state index >= 15 is 0 Å². The fourth-order valence-electron chi connectivity index (χ4n) is 1.67. The van der Waals surface area contributed by atoms with Gasteiger partial charge < -0.3 is 48.0 Å². The summed E-state index contributed by atoms with van der Waals surface area (Å²) in [7, 11) is 0. The van der Waals surface area contributed by atoms with E-state index in [9.17, 15) is 0 Å². The van der Waals surface area contributed by atoms with Crippen LogP contribution in [0.4, 0.5) is 0 Å². The average Bonchev–Trinajstić information content (AvgIpc) is 2.99. The smallest absolute Gasteiger partial charge is 0.0262 e. The van der Waals surface area contributed by atoms with Crippen molar-refractivity contribution in [1.82, 2.24) is 0 Å². The van der Waals surface area contributed by atoms with Gasteiger partial charge in [-0.1, -0.05) is 28.9 Å². The second-order valence-corrected chi connectivity index (χ2v) is 15.0. The predicted molar refractivity (Wildman–Crippen MR) is 91.5 cm³/mol. The van der Waals surface area contributed by atoms with E-state index in [0.717, 1.165) is 0 Å². The van der Waals surface area contributed by atoms with E-state index in [2.05, 4.69) is 66.3 Å². The standard InChI is InChI=1S/C10H8Br.C5H5.C2H6Si.2HI.Zr/c1-7-5-8-3-2-4-10(11)9(8)6-7;1-2-4-5-3-1;1-3-2;;;/h2-6H,1H3;1-5H;1-2H3;2*1H;/q2*-1;;;;+2/p-2. The Kier molecular flexibility index (Phi) is 16.8. The molecule has 0 saturated heterocycles.